The molecule has 1 heterocycles. The van der Waals surface area contributed by atoms with Crippen LogP contribution >= 0.6 is 0 Å². The van der Waals surface area contributed by atoms with Crippen LogP contribution in [0.2, 0.25) is 0 Å². The molecule has 3 rings (SSSR count). The van der Waals surface area contributed by atoms with Crippen molar-refractivity contribution in [2.45, 2.75) is 32.0 Å². The molecule has 2 unspecified atom stereocenters. The fourth-order valence-corrected chi connectivity index (χ4v) is 3.15. The van der Waals surface area contributed by atoms with Gasteiger partial charge < -0.3 is 9.84 Å². The van der Waals surface area contributed by atoms with E-state index in [0.29, 0.717) is 6.61 Å². The fraction of sp³-hybridized carbons (Fsp3) is 0.368. The molecular weight excluding hydrogens is 274 g/mol. The smallest absolute Gasteiger partial charge is 0.124 e. The first-order valence-corrected chi connectivity index (χ1v) is 7.87. The molecule has 0 saturated carbocycles. The third-order valence-corrected chi connectivity index (χ3v) is 4.32. The normalized spacial score (nSPS) is 20.5. The molecule has 1 N–H and O–H groups in total. The Morgan fingerprint density at radius 2 is 1.91 bits per heavy atom. The van der Waals surface area contributed by atoms with Crippen molar-refractivity contribution in [1.29, 1.82) is 0 Å². The fourth-order valence-electron chi connectivity index (χ4n) is 3.15. The van der Waals surface area contributed by atoms with Gasteiger partial charge in [-0.25, -0.2) is 0 Å². The van der Waals surface area contributed by atoms with Gasteiger partial charge in [-0.3, -0.25) is 4.90 Å². The second kappa shape index (κ2) is 6.51. The molecule has 0 spiro atoms. The highest BCUT2D eigenvalue weighted by atomic mass is 16.5. The predicted octanol–water partition coefficient (Wildman–Crippen LogP) is 3.18. The Morgan fingerprint density at radius 3 is 2.64 bits per heavy atom. The van der Waals surface area contributed by atoms with Crippen molar-refractivity contribution in [2.24, 2.45) is 0 Å². The summed E-state index contributed by atoms with van der Waals surface area (Å²) in [5, 5.41) is 10.5. The number of nitrogens with zero attached hydrogens (tertiary/aromatic N) is 1. The summed E-state index contributed by atoms with van der Waals surface area (Å²) in [6.45, 7) is 3.30. The van der Waals surface area contributed by atoms with E-state index in [9.17, 15) is 5.11 Å². The minimum Gasteiger partial charge on any atom is -0.490 e. The number of ether oxygens (including phenoxy) is 1. The molecule has 1 aliphatic rings. The number of fused-ring (bicyclic) bond motifs is 1. The van der Waals surface area contributed by atoms with E-state index in [1.54, 1.807) is 0 Å². The van der Waals surface area contributed by atoms with E-state index in [2.05, 4.69) is 43.1 Å². The highest BCUT2D eigenvalue weighted by Crippen LogP contribution is 2.37. The number of benzene rings is 2. The Labute approximate surface area is 132 Å². The van der Waals surface area contributed by atoms with Crippen molar-refractivity contribution in [3.8, 4) is 5.75 Å². The molecule has 1 aliphatic heterocycles. The van der Waals surface area contributed by atoms with Crippen LogP contribution in [0.5, 0.6) is 5.75 Å². The SMILES string of the molecule is CCc1ccc2c(c1)C(N(C)Cc1ccccc1)C(O)CO2. The third-order valence-electron chi connectivity index (χ3n) is 4.32. The molecule has 2 aromatic rings. The van der Waals surface area contributed by atoms with Crippen molar-refractivity contribution in [3.63, 3.8) is 0 Å². The minimum absolute atomic E-state index is 0.0320. The maximum absolute atomic E-state index is 10.5. The zero-order chi connectivity index (χ0) is 15.5. The van der Waals surface area contributed by atoms with E-state index in [1.165, 1.54) is 11.1 Å². The first-order valence-electron chi connectivity index (χ1n) is 7.87. The zero-order valence-electron chi connectivity index (χ0n) is 13.2. The van der Waals surface area contributed by atoms with Crippen molar-refractivity contribution in [1.82, 2.24) is 4.90 Å². The van der Waals surface area contributed by atoms with E-state index in [4.69, 9.17) is 4.74 Å². The highest BCUT2D eigenvalue weighted by Gasteiger charge is 2.32. The van der Waals surface area contributed by atoms with Crippen molar-refractivity contribution in [2.75, 3.05) is 13.7 Å². The van der Waals surface area contributed by atoms with Gasteiger partial charge >= 0.3 is 0 Å². The lowest BCUT2D eigenvalue weighted by molar-refractivity contribution is 0.00686. The lowest BCUT2D eigenvalue weighted by atomic mass is 9.94. The van der Waals surface area contributed by atoms with Crippen molar-refractivity contribution in [3.05, 3.63) is 65.2 Å². The second-order valence-electron chi connectivity index (χ2n) is 5.95. The van der Waals surface area contributed by atoms with Gasteiger partial charge in [-0.2, -0.15) is 0 Å². The molecule has 3 heteroatoms. The van der Waals surface area contributed by atoms with E-state index >= 15 is 0 Å². The topological polar surface area (TPSA) is 32.7 Å². The Balaban J connectivity index is 1.89. The summed E-state index contributed by atoms with van der Waals surface area (Å²) in [7, 11) is 2.06. The molecule has 2 atom stereocenters. The van der Waals surface area contributed by atoms with Crippen LogP contribution < -0.4 is 4.74 Å². The largest absolute Gasteiger partial charge is 0.490 e. The molecule has 2 aromatic carbocycles. The summed E-state index contributed by atoms with van der Waals surface area (Å²) in [6.07, 6.45) is 0.478. The molecule has 0 bridgehead atoms. The van der Waals surface area contributed by atoms with Crippen LogP contribution in [0.4, 0.5) is 0 Å². The maximum atomic E-state index is 10.5. The van der Waals surface area contributed by atoms with Gasteiger partial charge in [0.05, 0.1) is 6.04 Å². The molecule has 22 heavy (non-hydrogen) atoms. The monoisotopic (exact) mass is 297 g/mol. The molecule has 3 nitrogen and oxygen atoms in total. The van der Waals surface area contributed by atoms with Crippen LogP contribution in [0.15, 0.2) is 48.5 Å². The van der Waals surface area contributed by atoms with E-state index in [0.717, 1.165) is 24.3 Å². The summed E-state index contributed by atoms with van der Waals surface area (Å²) in [6, 6.07) is 16.6. The summed E-state index contributed by atoms with van der Waals surface area (Å²) < 4.78 is 5.69. The molecule has 116 valence electrons. The zero-order valence-corrected chi connectivity index (χ0v) is 13.2. The summed E-state index contributed by atoms with van der Waals surface area (Å²) in [5.74, 6) is 0.896. The van der Waals surface area contributed by atoms with Gasteiger partial charge in [0.25, 0.3) is 0 Å². The number of likely N-dealkylation sites (N-methyl/N-ethyl adjacent to an activating group) is 1. The first kappa shape index (κ1) is 15.1. The number of rotatable bonds is 4. The summed E-state index contributed by atoms with van der Waals surface area (Å²) in [5.41, 5.74) is 3.61. The van der Waals surface area contributed by atoms with Crippen LogP contribution in [0.1, 0.15) is 29.7 Å². The molecule has 0 fully saturated rings. The Morgan fingerprint density at radius 1 is 1.14 bits per heavy atom. The van der Waals surface area contributed by atoms with Crippen LogP contribution in [-0.2, 0) is 13.0 Å². The van der Waals surface area contributed by atoms with Gasteiger partial charge in [0, 0.05) is 12.1 Å². The average molecular weight is 297 g/mol. The first-order chi connectivity index (χ1) is 10.7. The molecule has 0 radical (unpaired) electrons. The Bertz CT molecular complexity index is 627. The van der Waals surface area contributed by atoms with Gasteiger partial charge in [-0.05, 0) is 30.7 Å². The van der Waals surface area contributed by atoms with Gasteiger partial charge in [0.2, 0.25) is 0 Å². The lowest BCUT2D eigenvalue weighted by Gasteiger charge is -2.37. The maximum Gasteiger partial charge on any atom is 0.124 e. The molecule has 0 amide bonds. The number of hydrogen-bond donors (Lipinski definition) is 1. The van der Waals surface area contributed by atoms with Gasteiger partial charge in [0.15, 0.2) is 0 Å². The number of aryl methyl sites for hydroxylation is 1. The molecule has 0 aliphatic carbocycles. The van der Waals surface area contributed by atoms with Crippen LogP contribution in [0.3, 0.4) is 0 Å². The molecular formula is C19H23NO2. The van der Waals surface area contributed by atoms with E-state index < -0.39 is 6.10 Å². The van der Waals surface area contributed by atoms with Gasteiger partial charge in [0.1, 0.15) is 18.5 Å². The van der Waals surface area contributed by atoms with Crippen LogP contribution in [0, 0.1) is 0 Å². The van der Waals surface area contributed by atoms with Crippen LogP contribution in [0.25, 0.3) is 0 Å². The highest BCUT2D eigenvalue weighted by molar-refractivity contribution is 5.41. The van der Waals surface area contributed by atoms with Gasteiger partial charge in [-0.1, -0.05) is 49.4 Å². The quantitative estimate of drug-likeness (QED) is 0.941. The number of aliphatic hydroxyl groups excluding tert-OH is 1. The standard InChI is InChI=1S/C19H23NO2/c1-3-14-9-10-18-16(11-14)19(17(21)13-22-18)20(2)12-15-7-5-4-6-8-15/h4-11,17,19,21H,3,12-13H2,1-2H3. The Kier molecular flexibility index (Phi) is 4.46. The summed E-state index contributed by atoms with van der Waals surface area (Å²) in [4.78, 5) is 2.21. The lowest BCUT2D eigenvalue weighted by Crippen LogP contribution is -2.40. The van der Waals surface area contributed by atoms with Crippen LogP contribution in [-0.4, -0.2) is 29.8 Å². The second-order valence-corrected chi connectivity index (χ2v) is 5.95. The number of aliphatic hydroxyl groups is 1. The molecule has 0 saturated heterocycles. The predicted molar refractivity (Wildman–Crippen MR) is 88.0 cm³/mol. The molecule has 0 aromatic heterocycles. The van der Waals surface area contributed by atoms with Crippen molar-refractivity contribution >= 4 is 0 Å². The van der Waals surface area contributed by atoms with Crippen molar-refractivity contribution < 1.29 is 9.84 Å². The Hall–Kier alpha value is -1.84. The van der Waals surface area contributed by atoms with Gasteiger partial charge in [-0.15, -0.1) is 0 Å². The summed E-state index contributed by atoms with van der Waals surface area (Å²) >= 11 is 0. The van der Waals surface area contributed by atoms with E-state index in [-0.39, 0.29) is 6.04 Å². The van der Waals surface area contributed by atoms with E-state index in [1.807, 2.05) is 24.3 Å². The minimum atomic E-state index is -0.506. The average Bonchev–Trinajstić information content (AvgIpc) is 2.55. The number of hydrogen-bond acceptors (Lipinski definition) is 3. The third kappa shape index (κ3) is 3.01.